The number of aryl methyl sites for hydroxylation is 2. The van der Waals surface area contributed by atoms with Gasteiger partial charge in [-0.05, 0) is 90.2 Å². The Morgan fingerprint density at radius 2 is 1.24 bits per heavy atom. The minimum atomic E-state index is -0.283. The lowest BCUT2D eigenvalue weighted by molar-refractivity contribution is 0.445. The van der Waals surface area contributed by atoms with Gasteiger partial charge in [0.2, 0.25) is 0 Å². The molecule has 45 heavy (non-hydrogen) atoms. The molecule has 0 saturated heterocycles. The van der Waals surface area contributed by atoms with Crippen molar-refractivity contribution in [1.82, 2.24) is 9.97 Å². The maximum atomic E-state index is 4.91. The summed E-state index contributed by atoms with van der Waals surface area (Å²) in [5.74, 6) is 1.91. The molecule has 4 nitrogen and oxygen atoms in total. The smallest absolute Gasteiger partial charge is 0.137 e. The fourth-order valence-electron chi connectivity index (χ4n) is 7.19. The molecule has 3 aliphatic carbocycles. The Labute approximate surface area is 265 Å². The lowest BCUT2D eigenvalue weighted by atomic mass is 9.57. The average Bonchev–Trinajstić information content (AvgIpc) is 3.07. The first-order chi connectivity index (χ1) is 22.0. The molecule has 0 amide bonds. The van der Waals surface area contributed by atoms with Crippen molar-refractivity contribution in [3.8, 4) is 0 Å². The minimum Gasteiger partial charge on any atom is -0.298 e. The van der Waals surface area contributed by atoms with Gasteiger partial charge in [0.15, 0.2) is 0 Å². The van der Waals surface area contributed by atoms with Crippen LogP contribution in [-0.4, -0.2) is 9.97 Å². The van der Waals surface area contributed by atoms with Crippen LogP contribution in [-0.2, 0) is 5.41 Å². The van der Waals surface area contributed by atoms with Gasteiger partial charge in [0.1, 0.15) is 11.6 Å². The molecule has 2 aromatic heterocycles. The molecule has 0 fully saturated rings. The number of benzene rings is 3. The number of pyridine rings is 2. The molecular formula is C41H34N4. The SMILES string of the molecule is Cc1ccc(N(C2=CC=C3C=Cc4c(N(c5ccccc5)c5ccc(C)cn5)ccc5c4C3(C)C2C=C5)c2ccccc2)nc1. The molecule has 3 aromatic carbocycles. The zero-order valence-electron chi connectivity index (χ0n) is 25.7. The van der Waals surface area contributed by atoms with Crippen molar-refractivity contribution in [3.63, 3.8) is 0 Å². The molecule has 3 aliphatic rings. The van der Waals surface area contributed by atoms with E-state index in [2.05, 4.69) is 164 Å². The number of anilines is 5. The highest BCUT2D eigenvalue weighted by atomic mass is 15.2. The van der Waals surface area contributed by atoms with Crippen LogP contribution in [0.5, 0.6) is 0 Å². The number of nitrogens with zero attached hydrogens (tertiary/aromatic N) is 4. The van der Waals surface area contributed by atoms with E-state index < -0.39 is 0 Å². The fraction of sp³-hybridized carbons (Fsp3) is 0.122. The number of rotatable bonds is 6. The summed E-state index contributed by atoms with van der Waals surface area (Å²) in [6, 6.07) is 34.2. The lowest BCUT2D eigenvalue weighted by Crippen LogP contribution is -2.43. The first-order valence-electron chi connectivity index (χ1n) is 15.5. The Morgan fingerprint density at radius 3 is 1.87 bits per heavy atom. The van der Waals surface area contributed by atoms with E-state index in [1.54, 1.807) is 0 Å². The van der Waals surface area contributed by atoms with Crippen molar-refractivity contribution in [2.24, 2.45) is 5.92 Å². The van der Waals surface area contributed by atoms with Gasteiger partial charge in [-0.1, -0.05) is 91.9 Å². The van der Waals surface area contributed by atoms with Gasteiger partial charge in [0.05, 0.1) is 5.69 Å². The molecule has 4 heteroatoms. The summed E-state index contributed by atoms with van der Waals surface area (Å²) in [5, 5.41) is 0. The van der Waals surface area contributed by atoms with Crippen LogP contribution in [0.15, 0.2) is 145 Å². The summed E-state index contributed by atoms with van der Waals surface area (Å²) in [5.41, 5.74) is 11.7. The van der Waals surface area contributed by atoms with Crippen LogP contribution in [0.25, 0.3) is 12.2 Å². The Kier molecular flexibility index (Phi) is 6.38. The van der Waals surface area contributed by atoms with E-state index in [9.17, 15) is 0 Å². The molecule has 8 rings (SSSR count). The number of allylic oxidation sites excluding steroid dienone is 5. The first-order valence-corrected chi connectivity index (χ1v) is 15.5. The molecule has 2 unspecified atom stereocenters. The van der Waals surface area contributed by atoms with Gasteiger partial charge in [0, 0.05) is 46.4 Å². The summed E-state index contributed by atoms with van der Waals surface area (Å²) in [6.45, 7) is 6.58. The van der Waals surface area contributed by atoms with E-state index in [1.807, 2.05) is 12.4 Å². The monoisotopic (exact) mass is 582 g/mol. The molecule has 2 heterocycles. The molecule has 0 spiro atoms. The zero-order chi connectivity index (χ0) is 30.5. The van der Waals surface area contributed by atoms with Crippen molar-refractivity contribution in [1.29, 1.82) is 0 Å². The number of hydrogen-bond donors (Lipinski definition) is 0. The standard InChI is InChI=1S/C41H34N4/c1-28-14-24-38(42-26-28)44(32-10-6-4-7-11-32)36-22-17-30-16-21-35-37(23-19-31-18-20-34(36)40(30)41(31,35)3)45(33-12-8-5-9-13-33)39-25-15-29(2)27-43-39/h4-27,35H,1-3H3. The second kappa shape index (κ2) is 10.6. The second-order valence-electron chi connectivity index (χ2n) is 12.3. The van der Waals surface area contributed by atoms with Crippen LogP contribution in [0.4, 0.5) is 28.7 Å². The van der Waals surface area contributed by atoms with Gasteiger partial charge in [0.25, 0.3) is 0 Å². The molecule has 0 saturated carbocycles. The second-order valence-corrected chi connectivity index (χ2v) is 12.3. The third-order valence-electron chi connectivity index (χ3n) is 9.42. The highest BCUT2D eigenvalue weighted by Gasteiger charge is 2.48. The summed E-state index contributed by atoms with van der Waals surface area (Å²) in [7, 11) is 0. The Balaban J connectivity index is 1.31. The lowest BCUT2D eigenvalue weighted by Gasteiger charge is -2.49. The molecule has 0 N–H and O–H groups in total. The zero-order valence-corrected chi connectivity index (χ0v) is 25.7. The van der Waals surface area contributed by atoms with E-state index in [-0.39, 0.29) is 11.3 Å². The first kappa shape index (κ1) is 27.1. The molecular weight excluding hydrogens is 548 g/mol. The average molecular weight is 583 g/mol. The van der Waals surface area contributed by atoms with Gasteiger partial charge in [-0.25, -0.2) is 9.97 Å². The molecule has 2 atom stereocenters. The van der Waals surface area contributed by atoms with Gasteiger partial charge in [-0.2, -0.15) is 0 Å². The quantitative estimate of drug-likeness (QED) is 0.199. The maximum absolute atomic E-state index is 4.91. The molecule has 0 radical (unpaired) electrons. The van der Waals surface area contributed by atoms with Gasteiger partial charge in [-0.15, -0.1) is 0 Å². The highest BCUT2D eigenvalue weighted by molar-refractivity contribution is 5.89. The fourth-order valence-corrected chi connectivity index (χ4v) is 7.19. The number of hydrogen-bond acceptors (Lipinski definition) is 4. The largest absolute Gasteiger partial charge is 0.298 e. The van der Waals surface area contributed by atoms with E-state index in [0.29, 0.717) is 0 Å². The molecule has 0 bridgehead atoms. The van der Waals surface area contributed by atoms with Crippen LogP contribution < -0.4 is 9.80 Å². The van der Waals surface area contributed by atoms with E-state index in [1.165, 1.54) is 28.0 Å². The van der Waals surface area contributed by atoms with Crippen LogP contribution in [0.2, 0.25) is 0 Å². The molecule has 0 aliphatic heterocycles. The van der Waals surface area contributed by atoms with Crippen molar-refractivity contribution in [3.05, 3.63) is 173 Å². The topological polar surface area (TPSA) is 32.3 Å². The van der Waals surface area contributed by atoms with E-state index in [0.717, 1.165) is 39.8 Å². The van der Waals surface area contributed by atoms with Gasteiger partial charge < -0.3 is 0 Å². The number of para-hydroxylation sites is 2. The Bertz CT molecular complexity index is 2020. The third kappa shape index (κ3) is 4.36. The van der Waals surface area contributed by atoms with Crippen LogP contribution in [0, 0.1) is 19.8 Å². The Hall–Kier alpha value is -5.48. The van der Waals surface area contributed by atoms with E-state index in [4.69, 9.17) is 9.97 Å². The van der Waals surface area contributed by atoms with Crippen molar-refractivity contribution < 1.29 is 0 Å². The van der Waals surface area contributed by atoms with Crippen LogP contribution in [0.1, 0.15) is 34.7 Å². The van der Waals surface area contributed by atoms with Crippen molar-refractivity contribution in [2.45, 2.75) is 26.2 Å². The summed E-state index contributed by atoms with van der Waals surface area (Å²) in [6.07, 6.45) is 17.8. The van der Waals surface area contributed by atoms with Gasteiger partial charge >= 0.3 is 0 Å². The van der Waals surface area contributed by atoms with Crippen molar-refractivity contribution in [2.75, 3.05) is 9.80 Å². The normalized spacial score (nSPS) is 19.0. The third-order valence-corrected chi connectivity index (χ3v) is 9.42. The number of aromatic nitrogens is 2. The van der Waals surface area contributed by atoms with E-state index >= 15 is 0 Å². The molecule has 5 aromatic rings. The van der Waals surface area contributed by atoms with Gasteiger partial charge in [-0.3, -0.25) is 9.80 Å². The Morgan fingerprint density at radius 1 is 0.622 bits per heavy atom. The van der Waals surface area contributed by atoms with Crippen LogP contribution >= 0.6 is 0 Å². The highest BCUT2D eigenvalue weighted by Crippen LogP contribution is 2.57. The van der Waals surface area contributed by atoms with Crippen LogP contribution in [0.3, 0.4) is 0 Å². The summed E-state index contributed by atoms with van der Waals surface area (Å²) < 4.78 is 0. The summed E-state index contributed by atoms with van der Waals surface area (Å²) >= 11 is 0. The summed E-state index contributed by atoms with van der Waals surface area (Å²) in [4.78, 5) is 14.4. The maximum Gasteiger partial charge on any atom is 0.137 e. The predicted octanol–water partition coefficient (Wildman–Crippen LogP) is 10.2. The van der Waals surface area contributed by atoms with Crippen molar-refractivity contribution >= 4 is 40.8 Å². The minimum absolute atomic E-state index is 0.0925. The predicted molar refractivity (Wildman–Crippen MR) is 186 cm³/mol. The molecule has 218 valence electrons.